The average molecular weight is 435 g/mol. The monoisotopic (exact) mass is 434 g/mol. The lowest BCUT2D eigenvalue weighted by Crippen LogP contribution is -2.14. The summed E-state index contributed by atoms with van der Waals surface area (Å²) in [5.74, 6) is -0.484. The first-order chi connectivity index (χ1) is 13.9. The van der Waals surface area contributed by atoms with Gasteiger partial charge < -0.3 is 4.74 Å². The van der Waals surface area contributed by atoms with Crippen molar-refractivity contribution in [1.82, 2.24) is 24.8 Å². The highest BCUT2D eigenvalue weighted by molar-refractivity contribution is 7.92. The molecule has 0 radical (unpaired) electrons. The van der Waals surface area contributed by atoms with Crippen LogP contribution in [0.25, 0.3) is 16.9 Å². The molecule has 0 fully saturated rings. The molecule has 12 heteroatoms. The van der Waals surface area contributed by atoms with Gasteiger partial charge in [-0.05, 0) is 54.1 Å². The van der Waals surface area contributed by atoms with Crippen LogP contribution in [-0.2, 0) is 10.0 Å². The maximum Gasteiger partial charge on any atom is 0.262 e. The van der Waals surface area contributed by atoms with Crippen LogP contribution in [0.5, 0.6) is 5.88 Å². The number of sulfonamides is 1. The maximum atomic E-state index is 13.1. The number of benzene rings is 1. The Labute approximate surface area is 169 Å². The highest BCUT2D eigenvalue weighted by Gasteiger charge is 2.19. The van der Waals surface area contributed by atoms with Gasteiger partial charge in [-0.15, -0.1) is 10.2 Å². The van der Waals surface area contributed by atoms with E-state index in [0.29, 0.717) is 16.9 Å². The molecular formula is C17H12ClFN6O3S. The van der Waals surface area contributed by atoms with Crippen LogP contribution < -0.4 is 9.46 Å². The summed E-state index contributed by atoms with van der Waals surface area (Å²) in [6.07, 6.45) is 1.47. The van der Waals surface area contributed by atoms with Gasteiger partial charge in [0.2, 0.25) is 11.2 Å². The van der Waals surface area contributed by atoms with Crippen molar-refractivity contribution in [3.63, 3.8) is 0 Å². The van der Waals surface area contributed by atoms with Crippen molar-refractivity contribution in [2.24, 2.45) is 0 Å². The first-order valence-electron chi connectivity index (χ1n) is 8.08. The van der Waals surface area contributed by atoms with E-state index in [1.54, 1.807) is 12.1 Å². The number of pyridine rings is 1. The Morgan fingerprint density at radius 2 is 1.90 bits per heavy atom. The molecule has 1 N–H and O–H groups in total. The molecule has 0 aliphatic heterocycles. The Bertz CT molecular complexity index is 1310. The first kappa shape index (κ1) is 19.0. The summed E-state index contributed by atoms with van der Waals surface area (Å²) in [6, 6.07) is 9.27. The second kappa shape index (κ2) is 7.26. The molecule has 0 bridgehead atoms. The quantitative estimate of drug-likeness (QED) is 0.514. The molecule has 0 spiro atoms. The van der Waals surface area contributed by atoms with E-state index in [1.807, 2.05) is 0 Å². The van der Waals surface area contributed by atoms with Crippen LogP contribution in [-0.4, -0.2) is 40.3 Å². The maximum absolute atomic E-state index is 13.1. The summed E-state index contributed by atoms with van der Waals surface area (Å²) in [4.78, 5) is 4.02. The smallest absolute Gasteiger partial charge is 0.262 e. The Hall–Kier alpha value is -3.31. The normalized spacial score (nSPS) is 11.6. The van der Waals surface area contributed by atoms with Crippen molar-refractivity contribution < 1.29 is 17.5 Å². The number of rotatable bonds is 5. The van der Waals surface area contributed by atoms with E-state index < -0.39 is 15.8 Å². The summed E-state index contributed by atoms with van der Waals surface area (Å²) in [7, 11) is -2.64. The van der Waals surface area contributed by atoms with E-state index in [1.165, 1.54) is 23.9 Å². The number of methoxy groups -OCH3 is 1. The van der Waals surface area contributed by atoms with E-state index in [0.717, 1.165) is 24.3 Å². The van der Waals surface area contributed by atoms with Crippen LogP contribution in [0.1, 0.15) is 0 Å². The lowest BCUT2D eigenvalue weighted by atomic mass is 10.2. The Morgan fingerprint density at radius 1 is 1.14 bits per heavy atom. The van der Waals surface area contributed by atoms with Gasteiger partial charge in [0.15, 0.2) is 5.65 Å². The van der Waals surface area contributed by atoms with E-state index in [2.05, 4.69) is 25.0 Å². The molecule has 29 heavy (non-hydrogen) atoms. The molecule has 0 saturated carbocycles. The van der Waals surface area contributed by atoms with Gasteiger partial charge in [-0.1, -0.05) is 0 Å². The Morgan fingerprint density at radius 3 is 2.62 bits per heavy atom. The summed E-state index contributed by atoms with van der Waals surface area (Å²) in [6.45, 7) is 0. The molecule has 4 aromatic rings. The lowest BCUT2D eigenvalue weighted by molar-refractivity contribution is 0.400. The van der Waals surface area contributed by atoms with Gasteiger partial charge in [-0.3, -0.25) is 4.72 Å². The van der Waals surface area contributed by atoms with Crippen LogP contribution >= 0.6 is 11.6 Å². The van der Waals surface area contributed by atoms with Crippen LogP contribution in [0.15, 0.2) is 53.6 Å². The Balaban J connectivity index is 1.74. The molecule has 3 aromatic heterocycles. The van der Waals surface area contributed by atoms with Crippen molar-refractivity contribution in [1.29, 1.82) is 0 Å². The second-order valence-corrected chi connectivity index (χ2v) is 7.82. The largest absolute Gasteiger partial charge is 0.480 e. The van der Waals surface area contributed by atoms with Crippen molar-refractivity contribution in [3.8, 4) is 17.1 Å². The molecule has 0 saturated heterocycles. The molecule has 3 heterocycles. The zero-order valence-corrected chi connectivity index (χ0v) is 16.3. The standard InChI is InChI=1S/C17H12ClFN6O3S/c1-28-16-14(24-29(26,27)12-4-2-11(19)3-5-12)8-10(9-20-16)13-6-7-15-21-22-17(18)25(15)23-13/h2-9,24H,1H3. The van der Waals surface area contributed by atoms with Crippen LogP contribution in [0.3, 0.4) is 0 Å². The van der Waals surface area contributed by atoms with Gasteiger partial charge >= 0.3 is 0 Å². The summed E-state index contributed by atoms with van der Waals surface area (Å²) < 4.78 is 47.3. The topological polar surface area (TPSA) is 111 Å². The number of ether oxygens (including phenoxy) is 1. The van der Waals surface area contributed by atoms with Crippen molar-refractivity contribution in [3.05, 3.63) is 59.8 Å². The lowest BCUT2D eigenvalue weighted by Gasteiger charge is -2.12. The molecule has 1 aromatic carbocycles. The molecule has 0 aliphatic rings. The van der Waals surface area contributed by atoms with Crippen molar-refractivity contribution in [2.45, 2.75) is 4.90 Å². The molecule has 148 valence electrons. The third-order valence-corrected chi connectivity index (χ3v) is 5.55. The van der Waals surface area contributed by atoms with Gasteiger partial charge in [0.1, 0.15) is 11.5 Å². The number of halogens is 2. The third-order valence-electron chi connectivity index (χ3n) is 3.93. The molecule has 4 rings (SSSR count). The summed E-state index contributed by atoms with van der Waals surface area (Å²) >= 11 is 5.95. The molecule has 9 nitrogen and oxygen atoms in total. The molecule has 0 atom stereocenters. The van der Waals surface area contributed by atoms with E-state index in [4.69, 9.17) is 16.3 Å². The average Bonchev–Trinajstić information content (AvgIpc) is 3.08. The molecule has 0 aliphatic carbocycles. The van der Waals surface area contributed by atoms with E-state index in [9.17, 15) is 12.8 Å². The number of nitrogens with one attached hydrogen (secondary N) is 1. The second-order valence-electron chi connectivity index (χ2n) is 5.80. The van der Waals surface area contributed by atoms with Gasteiger partial charge in [0.25, 0.3) is 10.0 Å². The minimum atomic E-state index is -4.00. The highest BCUT2D eigenvalue weighted by Crippen LogP contribution is 2.29. The van der Waals surface area contributed by atoms with Gasteiger partial charge in [-0.2, -0.15) is 9.61 Å². The zero-order valence-electron chi connectivity index (χ0n) is 14.7. The fourth-order valence-electron chi connectivity index (χ4n) is 2.56. The molecule has 0 amide bonds. The van der Waals surface area contributed by atoms with Crippen LogP contribution in [0.4, 0.5) is 10.1 Å². The third kappa shape index (κ3) is 3.69. The number of fused-ring (bicyclic) bond motifs is 1. The Kier molecular flexibility index (Phi) is 4.76. The number of nitrogens with zero attached hydrogens (tertiary/aromatic N) is 5. The molecular weight excluding hydrogens is 423 g/mol. The fraction of sp³-hybridized carbons (Fsp3) is 0.0588. The van der Waals surface area contributed by atoms with Gasteiger partial charge in [0, 0.05) is 11.8 Å². The predicted octanol–water partition coefficient (Wildman–Crippen LogP) is 2.79. The number of aromatic nitrogens is 5. The van der Waals surface area contributed by atoms with Crippen LogP contribution in [0.2, 0.25) is 5.28 Å². The predicted molar refractivity (Wildman–Crippen MR) is 103 cm³/mol. The number of hydrogen-bond donors (Lipinski definition) is 1. The minimum Gasteiger partial charge on any atom is -0.480 e. The SMILES string of the molecule is COc1ncc(-c2ccc3nnc(Cl)n3n2)cc1NS(=O)(=O)c1ccc(F)cc1. The van der Waals surface area contributed by atoms with Gasteiger partial charge in [0.05, 0.1) is 17.7 Å². The van der Waals surface area contributed by atoms with Gasteiger partial charge in [-0.25, -0.2) is 17.8 Å². The van der Waals surface area contributed by atoms with Crippen LogP contribution in [0, 0.1) is 5.82 Å². The zero-order chi connectivity index (χ0) is 20.6. The van der Waals surface area contributed by atoms with Crippen molar-refractivity contribution in [2.75, 3.05) is 11.8 Å². The highest BCUT2D eigenvalue weighted by atomic mass is 35.5. The summed E-state index contributed by atoms with van der Waals surface area (Å²) in [5, 5.41) is 12.0. The first-order valence-corrected chi connectivity index (χ1v) is 9.94. The number of anilines is 1. The number of hydrogen-bond acceptors (Lipinski definition) is 7. The molecule has 0 unspecified atom stereocenters. The fourth-order valence-corrected chi connectivity index (χ4v) is 3.77. The van der Waals surface area contributed by atoms with Crippen molar-refractivity contribution >= 4 is 33.0 Å². The van der Waals surface area contributed by atoms with E-state index >= 15 is 0 Å². The summed E-state index contributed by atoms with van der Waals surface area (Å²) in [5.41, 5.74) is 1.49. The minimum absolute atomic E-state index is 0.0582. The van der Waals surface area contributed by atoms with E-state index in [-0.39, 0.29) is 21.7 Å².